The summed E-state index contributed by atoms with van der Waals surface area (Å²) in [6.07, 6.45) is 1.83. The maximum atomic E-state index is 12.0. The van der Waals surface area contributed by atoms with Gasteiger partial charge in [-0.15, -0.1) is 11.3 Å². The van der Waals surface area contributed by atoms with Crippen LogP contribution in [0.15, 0.2) is 11.4 Å². The summed E-state index contributed by atoms with van der Waals surface area (Å²) >= 11 is 1.66. The summed E-state index contributed by atoms with van der Waals surface area (Å²) in [6.45, 7) is 3.94. The van der Waals surface area contributed by atoms with Crippen LogP contribution >= 0.6 is 11.3 Å². The monoisotopic (exact) mass is 263 g/mol. The summed E-state index contributed by atoms with van der Waals surface area (Å²) in [5.41, 5.74) is 1.22. The molecule has 0 saturated carbocycles. The lowest BCUT2D eigenvalue weighted by atomic mass is 10.0. The van der Waals surface area contributed by atoms with Crippen LogP contribution in [-0.2, 0) is 6.54 Å². The second-order valence-corrected chi connectivity index (χ2v) is 5.60. The molecule has 18 heavy (non-hydrogen) atoms. The number of nitrogens with one attached hydrogen (secondary N) is 1. The van der Waals surface area contributed by atoms with Crippen LogP contribution in [0.5, 0.6) is 0 Å². The van der Waals surface area contributed by atoms with E-state index in [9.17, 15) is 4.79 Å². The lowest BCUT2D eigenvalue weighted by molar-refractivity contribution is 0.176. The average Bonchev–Trinajstić information content (AvgIpc) is 2.81. The van der Waals surface area contributed by atoms with Crippen LogP contribution in [0.1, 0.15) is 23.3 Å². The minimum Gasteiger partial charge on any atom is -0.333 e. The number of hydrogen-bond acceptors (Lipinski definition) is 3. The molecule has 0 unspecified atom stereocenters. The molecular weight excluding hydrogens is 246 g/mol. The molecule has 0 aliphatic carbocycles. The number of amides is 2. The summed E-state index contributed by atoms with van der Waals surface area (Å²) in [6, 6.07) is 4.25. The number of nitriles is 1. The molecule has 1 fully saturated rings. The normalized spacial score (nSPS) is 19.3. The molecule has 0 radical (unpaired) electrons. The molecule has 0 spiro atoms. The van der Waals surface area contributed by atoms with E-state index in [0.29, 0.717) is 13.1 Å². The number of carbonyl (C=O) groups excluding carboxylic acids is 1. The van der Waals surface area contributed by atoms with Gasteiger partial charge in [-0.2, -0.15) is 5.26 Å². The highest BCUT2D eigenvalue weighted by Crippen LogP contribution is 2.17. The molecule has 0 bridgehead atoms. The number of thiophene rings is 1. The van der Waals surface area contributed by atoms with Crippen LogP contribution in [0.25, 0.3) is 0 Å². The van der Waals surface area contributed by atoms with E-state index in [2.05, 4.69) is 17.5 Å². The molecule has 2 rings (SSSR count). The van der Waals surface area contributed by atoms with E-state index in [1.807, 2.05) is 12.3 Å². The third kappa shape index (κ3) is 3.02. The molecule has 1 N–H and O–H groups in total. The molecule has 2 heterocycles. The summed E-state index contributed by atoms with van der Waals surface area (Å²) in [7, 11) is 0. The van der Waals surface area contributed by atoms with Crippen molar-refractivity contribution in [2.75, 3.05) is 13.1 Å². The van der Waals surface area contributed by atoms with E-state index in [4.69, 9.17) is 5.26 Å². The van der Waals surface area contributed by atoms with Gasteiger partial charge in [0.2, 0.25) is 0 Å². The SMILES string of the molecule is Cc1ccsc1CNC(=O)N1CCC[C@@H](C#N)C1. The minimum absolute atomic E-state index is 0.00651. The molecule has 0 aromatic carbocycles. The van der Waals surface area contributed by atoms with Gasteiger partial charge in [-0.3, -0.25) is 0 Å². The first-order chi connectivity index (χ1) is 8.70. The number of urea groups is 1. The quantitative estimate of drug-likeness (QED) is 0.891. The number of rotatable bonds is 2. The Morgan fingerprint density at radius 1 is 1.72 bits per heavy atom. The third-order valence-electron chi connectivity index (χ3n) is 3.26. The van der Waals surface area contributed by atoms with Crippen molar-refractivity contribution in [1.82, 2.24) is 10.2 Å². The van der Waals surface area contributed by atoms with E-state index >= 15 is 0 Å². The van der Waals surface area contributed by atoms with Crippen molar-refractivity contribution >= 4 is 17.4 Å². The minimum atomic E-state index is -0.0530. The van der Waals surface area contributed by atoms with Gasteiger partial charge in [-0.05, 0) is 36.8 Å². The van der Waals surface area contributed by atoms with Crippen LogP contribution in [0, 0.1) is 24.2 Å². The first-order valence-corrected chi connectivity index (χ1v) is 7.04. The van der Waals surface area contributed by atoms with Crippen molar-refractivity contribution in [2.45, 2.75) is 26.3 Å². The molecule has 2 amide bonds. The molecule has 1 aliphatic heterocycles. The van der Waals surface area contributed by atoms with E-state index in [1.165, 1.54) is 10.4 Å². The average molecular weight is 263 g/mol. The number of carbonyl (C=O) groups is 1. The second-order valence-electron chi connectivity index (χ2n) is 4.60. The Morgan fingerprint density at radius 3 is 3.22 bits per heavy atom. The van der Waals surface area contributed by atoms with Gasteiger partial charge in [0.15, 0.2) is 0 Å². The van der Waals surface area contributed by atoms with Gasteiger partial charge in [0.05, 0.1) is 18.5 Å². The van der Waals surface area contributed by atoms with Crippen molar-refractivity contribution in [3.05, 3.63) is 21.9 Å². The highest BCUT2D eigenvalue weighted by Gasteiger charge is 2.23. The fraction of sp³-hybridized carbons (Fsp3) is 0.538. The Balaban J connectivity index is 1.85. The molecule has 1 saturated heterocycles. The zero-order valence-corrected chi connectivity index (χ0v) is 11.3. The summed E-state index contributed by atoms with van der Waals surface area (Å²) in [5, 5.41) is 13.9. The molecule has 1 aromatic rings. The van der Waals surface area contributed by atoms with Crippen molar-refractivity contribution in [3.8, 4) is 6.07 Å². The van der Waals surface area contributed by atoms with Crippen LogP contribution in [0.2, 0.25) is 0 Å². The molecule has 5 heteroatoms. The molecule has 1 aliphatic rings. The zero-order chi connectivity index (χ0) is 13.0. The van der Waals surface area contributed by atoms with Crippen LogP contribution in [-0.4, -0.2) is 24.0 Å². The van der Waals surface area contributed by atoms with Gasteiger partial charge < -0.3 is 10.2 Å². The highest BCUT2D eigenvalue weighted by atomic mass is 32.1. The van der Waals surface area contributed by atoms with E-state index < -0.39 is 0 Å². The van der Waals surface area contributed by atoms with E-state index in [0.717, 1.165) is 19.4 Å². The van der Waals surface area contributed by atoms with Gasteiger partial charge in [0.1, 0.15) is 0 Å². The Bertz CT molecular complexity index is 463. The molecule has 1 atom stereocenters. The Labute approximate surface area is 111 Å². The predicted molar refractivity (Wildman–Crippen MR) is 71.2 cm³/mol. The second kappa shape index (κ2) is 5.87. The van der Waals surface area contributed by atoms with Crippen LogP contribution in [0.4, 0.5) is 4.79 Å². The largest absolute Gasteiger partial charge is 0.333 e. The topological polar surface area (TPSA) is 56.1 Å². The van der Waals surface area contributed by atoms with E-state index in [1.54, 1.807) is 16.2 Å². The lowest BCUT2D eigenvalue weighted by Crippen LogP contribution is -2.45. The van der Waals surface area contributed by atoms with Crippen molar-refractivity contribution in [1.29, 1.82) is 5.26 Å². The zero-order valence-electron chi connectivity index (χ0n) is 10.5. The molecular formula is C13H17N3OS. The highest BCUT2D eigenvalue weighted by molar-refractivity contribution is 7.10. The number of hydrogen-bond donors (Lipinski definition) is 1. The summed E-state index contributed by atoms with van der Waals surface area (Å²) in [5.74, 6) is -0.00651. The smallest absolute Gasteiger partial charge is 0.317 e. The van der Waals surface area contributed by atoms with Gasteiger partial charge >= 0.3 is 6.03 Å². The first-order valence-electron chi connectivity index (χ1n) is 6.16. The van der Waals surface area contributed by atoms with Gasteiger partial charge in [-0.1, -0.05) is 0 Å². The fourth-order valence-corrected chi connectivity index (χ4v) is 2.97. The number of aryl methyl sites for hydroxylation is 1. The van der Waals surface area contributed by atoms with Crippen molar-refractivity contribution < 1.29 is 4.79 Å². The van der Waals surface area contributed by atoms with Gasteiger partial charge in [0, 0.05) is 18.0 Å². The molecule has 1 aromatic heterocycles. The van der Waals surface area contributed by atoms with E-state index in [-0.39, 0.29) is 11.9 Å². The summed E-state index contributed by atoms with van der Waals surface area (Å²) in [4.78, 5) is 14.9. The van der Waals surface area contributed by atoms with Gasteiger partial charge in [0.25, 0.3) is 0 Å². The lowest BCUT2D eigenvalue weighted by Gasteiger charge is -2.29. The van der Waals surface area contributed by atoms with Crippen LogP contribution in [0.3, 0.4) is 0 Å². The van der Waals surface area contributed by atoms with Crippen LogP contribution < -0.4 is 5.32 Å². The Morgan fingerprint density at radius 2 is 2.56 bits per heavy atom. The maximum Gasteiger partial charge on any atom is 0.317 e. The molecule has 4 nitrogen and oxygen atoms in total. The first kappa shape index (κ1) is 12.9. The fourth-order valence-electron chi connectivity index (χ4n) is 2.12. The standard InChI is InChI=1S/C13H17N3OS/c1-10-4-6-18-12(10)8-15-13(17)16-5-2-3-11(7-14)9-16/h4,6,11H,2-3,5,8-9H2,1H3,(H,15,17)/t11-/m0/s1. The number of likely N-dealkylation sites (tertiary alicyclic amines) is 1. The number of piperidine rings is 1. The Hall–Kier alpha value is -1.54. The van der Waals surface area contributed by atoms with Crippen molar-refractivity contribution in [3.63, 3.8) is 0 Å². The summed E-state index contributed by atoms with van der Waals surface area (Å²) < 4.78 is 0. The maximum absolute atomic E-state index is 12.0. The number of nitrogens with zero attached hydrogens (tertiary/aromatic N) is 2. The van der Waals surface area contributed by atoms with Crippen molar-refractivity contribution in [2.24, 2.45) is 5.92 Å². The predicted octanol–water partition coefficient (Wildman–Crippen LogP) is 2.50. The third-order valence-corrected chi connectivity index (χ3v) is 4.28. The van der Waals surface area contributed by atoms with Gasteiger partial charge in [-0.25, -0.2) is 4.79 Å². The Kier molecular flexibility index (Phi) is 4.21. The molecule has 96 valence electrons.